The van der Waals surface area contributed by atoms with Gasteiger partial charge in [0.1, 0.15) is 5.75 Å². The highest BCUT2D eigenvalue weighted by Gasteiger charge is 2.09. The molecule has 0 unspecified atom stereocenters. The third-order valence-corrected chi connectivity index (χ3v) is 4.29. The average molecular weight is 392 g/mol. The van der Waals surface area contributed by atoms with Crippen LogP contribution in [0.4, 0.5) is 11.4 Å². The fraction of sp³-hybridized carbons (Fsp3) is 0.174. The van der Waals surface area contributed by atoms with E-state index in [1.807, 2.05) is 43.3 Å². The highest BCUT2D eigenvalue weighted by atomic mass is 16.5. The maximum Gasteiger partial charge on any atom is 0.262 e. The summed E-state index contributed by atoms with van der Waals surface area (Å²) in [5.74, 6) is 1.04. The molecule has 0 radical (unpaired) electrons. The predicted octanol–water partition coefficient (Wildman–Crippen LogP) is 4.34. The van der Waals surface area contributed by atoms with Crippen molar-refractivity contribution in [1.82, 2.24) is 0 Å². The standard InChI is InChI=1S/C23H24N2O4/c1-16-3-6-19(7-4-16)25-23(27)15-29-21-12-5-17(13-22(21)28-2)14-24-18-8-10-20(26)11-9-18/h3-13,24,26H,14-15H2,1-2H3,(H,25,27). The van der Waals surface area contributed by atoms with Crippen LogP contribution in [0.15, 0.2) is 66.7 Å². The van der Waals surface area contributed by atoms with Crippen molar-refractivity contribution in [2.24, 2.45) is 0 Å². The van der Waals surface area contributed by atoms with Gasteiger partial charge >= 0.3 is 0 Å². The first-order chi connectivity index (χ1) is 14.0. The van der Waals surface area contributed by atoms with Gasteiger partial charge in [-0.15, -0.1) is 0 Å². The Balaban J connectivity index is 1.55. The smallest absolute Gasteiger partial charge is 0.262 e. The van der Waals surface area contributed by atoms with Crippen molar-refractivity contribution in [3.8, 4) is 17.2 Å². The Hall–Kier alpha value is -3.67. The van der Waals surface area contributed by atoms with E-state index in [2.05, 4.69) is 10.6 Å². The van der Waals surface area contributed by atoms with Crippen LogP contribution in [0, 0.1) is 6.92 Å². The minimum absolute atomic E-state index is 0.116. The van der Waals surface area contributed by atoms with E-state index in [0.29, 0.717) is 18.0 Å². The van der Waals surface area contributed by atoms with Crippen LogP contribution >= 0.6 is 0 Å². The lowest BCUT2D eigenvalue weighted by molar-refractivity contribution is -0.118. The van der Waals surface area contributed by atoms with Crippen LogP contribution < -0.4 is 20.1 Å². The van der Waals surface area contributed by atoms with Crippen LogP contribution in [0.25, 0.3) is 0 Å². The lowest BCUT2D eigenvalue weighted by Crippen LogP contribution is -2.20. The van der Waals surface area contributed by atoms with E-state index in [9.17, 15) is 9.90 Å². The van der Waals surface area contributed by atoms with E-state index < -0.39 is 0 Å². The second kappa shape index (κ2) is 9.50. The normalized spacial score (nSPS) is 10.3. The predicted molar refractivity (Wildman–Crippen MR) is 114 cm³/mol. The number of hydrogen-bond donors (Lipinski definition) is 3. The molecule has 0 aliphatic heterocycles. The molecule has 150 valence electrons. The van der Waals surface area contributed by atoms with Gasteiger partial charge in [0.15, 0.2) is 18.1 Å². The van der Waals surface area contributed by atoms with Crippen LogP contribution in [-0.2, 0) is 11.3 Å². The molecule has 6 heteroatoms. The van der Waals surface area contributed by atoms with Gasteiger partial charge in [0.05, 0.1) is 7.11 Å². The molecule has 3 aromatic rings. The molecule has 0 aliphatic carbocycles. The zero-order chi connectivity index (χ0) is 20.6. The summed E-state index contributed by atoms with van der Waals surface area (Å²) < 4.78 is 11.0. The zero-order valence-electron chi connectivity index (χ0n) is 16.4. The van der Waals surface area contributed by atoms with Crippen molar-refractivity contribution in [2.45, 2.75) is 13.5 Å². The first kappa shape index (κ1) is 20.1. The van der Waals surface area contributed by atoms with Gasteiger partial charge in [-0.1, -0.05) is 23.8 Å². The van der Waals surface area contributed by atoms with E-state index in [-0.39, 0.29) is 18.3 Å². The number of carbonyl (C=O) groups is 1. The number of methoxy groups -OCH3 is 1. The Morgan fingerprint density at radius 2 is 1.62 bits per heavy atom. The first-order valence-electron chi connectivity index (χ1n) is 9.22. The maximum absolute atomic E-state index is 12.1. The van der Waals surface area contributed by atoms with Crippen molar-refractivity contribution in [3.05, 3.63) is 77.9 Å². The molecule has 3 aromatic carbocycles. The number of amides is 1. The zero-order valence-corrected chi connectivity index (χ0v) is 16.4. The van der Waals surface area contributed by atoms with Crippen LogP contribution in [0.5, 0.6) is 17.2 Å². The molecule has 1 amide bonds. The largest absolute Gasteiger partial charge is 0.508 e. The summed E-state index contributed by atoms with van der Waals surface area (Å²) in [4.78, 5) is 12.1. The minimum Gasteiger partial charge on any atom is -0.508 e. The van der Waals surface area contributed by atoms with Gasteiger partial charge in [-0.05, 0) is 61.0 Å². The first-order valence-corrected chi connectivity index (χ1v) is 9.22. The molecule has 0 saturated carbocycles. The molecule has 3 rings (SSSR count). The molecule has 0 saturated heterocycles. The van der Waals surface area contributed by atoms with Crippen molar-refractivity contribution in [2.75, 3.05) is 24.4 Å². The number of aryl methyl sites for hydroxylation is 1. The SMILES string of the molecule is COc1cc(CNc2ccc(O)cc2)ccc1OCC(=O)Nc1ccc(C)cc1. The molecule has 0 aromatic heterocycles. The third-order valence-electron chi connectivity index (χ3n) is 4.29. The lowest BCUT2D eigenvalue weighted by atomic mass is 10.2. The van der Waals surface area contributed by atoms with Crippen LogP contribution in [0.3, 0.4) is 0 Å². The number of nitrogens with one attached hydrogen (secondary N) is 2. The number of phenolic OH excluding ortho intramolecular Hbond substituents is 1. The van der Waals surface area contributed by atoms with Crippen molar-refractivity contribution in [1.29, 1.82) is 0 Å². The quantitative estimate of drug-likeness (QED) is 0.497. The monoisotopic (exact) mass is 392 g/mol. The minimum atomic E-state index is -0.242. The average Bonchev–Trinajstić information content (AvgIpc) is 2.73. The molecular weight excluding hydrogens is 368 g/mol. The molecule has 29 heavy (non-hydrogen) atoms. The summed E-state index contributed by atoms with van der Waals surface area (Å²) in [6, 6.07) is 20.0. The van der Waals surface area contributed by atoms with E-state index in [1.165, 1.54) is 0 Å². The number of phenols is 1. The third kappa shape index (κ3) is 5.90. The van der Waals surface area contributed by atoms with Gasteiger partial charge in [-0.3, -0.25) is 4.79 Å². The molecule has 0 fully saturated rings. The van der Waals surface area contributed by atoms with Crippen LogP contribution in [0.1, 0.15) is 11.1 Å². The number of ether oxygens (including phenoxy) is 2. The Morgan fingerprint density at radius 3 is 2.31 bits per heavy atom. The fourth-order valence-electron chi connectivity index (χ4n) is 2.70. The van der Waals surface area contributed by atoms with E-state index in [4.69, 9.17) is 9.47 Å². The van der Waals surface area contributed by atoms with Gasteiger partial charge < -0.3 is 25.2 Å². The number of carbonyl (C=O) groups excluding carboxylic acids is 1. The Labute approximate surface area is 170 Å². The van der Waals surface area contributed by atoms with Gasteiger partial charge in [-0.25, -0.2) is 0 Å². The summed E-state index contributed by atoms with van der Waals surface area (Å²) in [6.07, 6.45) is 0. The Bertz CT molecular complexity index is 954. The van der Waals surface area contributed by atoms with Gasteiger partial charge in [-0.2, -0.15) is 0 Å². The van der Waals surface area contributed by atoms with Crippen LogP contribution in [0.2, 0.25) is 0 Å². The Morgan fingerprint density at radius 1 is 0.931 bits per heavy atom. The van der Waals surface area contributed by atoms with E-state index in [1.54, 1.807) is 37.4 Å². The van der Waals surface area contributed by atoms with Crippen molar-refractivity contribution < 1.29 is 19.4 Å². The second-order valence-corrected chi connectivity index (χ2v) is 6.59. The van der Waals surface area contributed by atoms with Gasteiger partial charge in [0, 0.05) is 17.9 Å². The van der Waals surface area contributed by atoms with E-state index in [0.717, 1.165) is 22.5 Å². The number of aromatic hydroxyl groups is 1. The molecule has 0 atom stereocenters. The second-order valence-electron chi connectivity index (χ2n) is 6.59. The summed E-state index contributed by atoms with van der Waals surface area (Å²) >= 11 is 0. The number of benzene rings is 3. The molecule has 0 spiro atoms. The summed E-state index contributed by atoms with van der Waals surface area (Å²) in [5, 5.41) is 15.4. The number of rotatable bonds is 8. The molecular formula is C23H24N2O4. The molecule has 0 heterocycles. The summed E-state index contributed by atoms with van der Waals surface area (Å²) in [5.41, 5.74) is 3.75. The highest BCUT2D eigenvalue weighted by molar-refractivity contribution is 5.91. The van der Waals surface area contributed by atoms with Gasteiger partial charge in [0.2, 0.25) is 0 Å². The van der Waals surface area contributed by atoms with E-state index >= 15 is 0 Å². The lowest BCUT2D eigenvalue weighted by Gasteiger charge is -2.13. The van der Waals surface area contributed by atoms with Crippen molar-refractivity contribution in [3.63, 3.8) is 0 Å². The maximum atomic E-state index is 12.1. The highest BCUT2D eigenvalue weighted by Crippen LogP contribution is 2.28. The van der Waals surface area contributed by atoms with Crippen molar-refractivity contribution >= 4 is 17.3 Å². The summed E-state index contributed by atoms with van der Waals surface area (Å²) in [7, 11) is 1.56. The topological polar surface area (TPSA) is 79.8 Å². The molecule has 6 nitrogen and oxygen atoms in total. The number of hydrogen-bond acceptors (Lipinski definition) is 5. The molecule has 3 N–H and O–H groups in total. The molecule has 0 aliphatic rings. The fourth-order valence-corrected chi connectivity index (χ4v) is 2.70. The molecule has 0 bridgehead atoms. The summed E-state index contributed by atoms with van der Waals surface area (Å²) in [6.45, 7) is 2.45. The number of anilines is 2. The Kier molecular flexibility index (Phi) is 6.58. The van der Waals surface area contributed by atoms with Gasteiger partial charge in [0.25, 0.3) is 5.91 Å². The van der Waals surface area contributed by atoms with Crippen LogP contribution in [-0.4, -0.2) is 24.7 Å².